The van der Waals surface area contributed by atoms with Gasteiger partial charge in [0.05, 0.1) is 0 Å². The van der Waals surface area contributed by atoms with E-state index >= 15 is 0 Å². The van der Waals surface area contributed by atoms with Crippen LogP contribution in [0.5, 0.6) is 23.0 Å². The first-order chi connectivity index (χ1) is 13.8. The summed E-state index contributed by atoms with van der Waals surface area (Å²) in [4.78, 5) is 12.5. The van der Waals surface area contributed by atoms with Gasteiger partial charge in [0.15, 0.2) is 23.0 Å². The number of amides is 1. The lowest BCUT2D eigenvalue weighted by atomic mass is 10.2. The fraction of sp³-hybridized carbons (Fsp3) is 0.211. The molecule has 3 heterocycles. The molecule has 2 aliphatic heterocycles. The van der Waals surface area contributed by atoms with E-state index in [-0.39, 0.29) is 11.9 Å². The van der Waals surface area contributed by atoms with Crippen LogP contribution in [0.15, 0.2) is 40.8 Å². The standard InChI is InChI=1S/C19H15N3O6/c23-17(11-1-3-13-15(9-11)26-7-5-24-13)20-19-22-21-18(28-19)12-2-4-14-16(10-12)27-8-6-25-14/h1-4,9-10H,5-8H2,(H,20,22,23). The molecule has 0 spiro atoms. The number of nitrogens with one attached hydrogen (secondary N) is 1. The maximum atomic E-state index is 12.5. The third-order valence-corrected chi connectivity index (χ3v) is 4.24. The van der Waals surface area contributed by atoms with Crippen molar-refractivity contribution >= 4 is 11.9 Å². The minimum absolute atomic E-state index is 0.00946. The first kappa shape index (κ1) is 16.4. The van der Waals surface area contributed by atoms with Crippen molar-refractivity contribution < 1.29 is 28.2 Å². The molecule has 0 saturated carbocycles. The Balaban J connectivity index is 1.33. The molecule has 0 atom stereocenters. The molecule has 9 nitrogen and oxygen atoms in total. The van der Waals surface area contributed by atoms with Gasteiger partial charge in [0, 0.05) is 11.1 Å². The van der Waals surface area contributed by atoms with Gasteiger partial charge in [0.1, 0.15) is 26.4 Å². The molecular weight excluding hydrogens is 366 g/mol. The number of fused-ring (bicyclic) bond motifs is 2. The van der Waals surface area contributed by atoms with Crippen molar-refractivity contribution in [3.63, 3.8) is 0 Å². The van der Waals surface area contributed by atoms with Crippen LogP contribution in [0.2, 0.25) is 0 Å². The summed E-state index contributed by atoms with van der Waals surface area (Å²) in [5, 5.41) is 10.4. The van der Waals surface area contributed by atoms with Crippen molar-refractivity contribution in [2.45, 2.75) is 0 Å². The second kappa shape index (κ2) is 6.76. The summed E-state index contributed by atoms with van der Waals surface area (Å²) >= 11 is 0. The summed E-state index contributed by atoms with van der Waals surface area (Å²) in [6.07, 6.45) is 0. The molecule has 0 fully saturated rings. The van der Waals surface area contributed by atoms with E-state index in [0.717, 1.165) is 0 Å². The molecule has 0 bridgehead atoms. The quantitative estimate of drug-likeness (QED) is 0.738. The normalized spacial score (nSPS) is 14.4. The van der Waals surface area contributed by atoms with Crippen molar-refractivity contribution in [1.82, 2.24) is 10.2 Å². The number of carbonyl (C=O) groups is 1. The van der Waals surface area contributed by atoms with Gasteiger partial charge in [-0.2, -0.15) is 0 Å². The van der Waals surface area contributed by atoms with Crippen molar-refractivity contribution in [3.05, 3.63) is 42.0 Å². The number of anilines is 1. The Hall–Kier alpha value is -3.75. The van der Waals surface area contributed by atoms with Crippen LogP contribution in [0.1, 0.15) is 10.4 Å². The Morgan fingerprint density at radius 1 is 0.786 bits per heavy atom. The van der Waals surface area contributed by atoms with Crippen molar-refractivity contribution in [3.8, 4) is 34.5 Å². The van der Waals surface area contributed by atoms with E-state index in [0.29, 0.717) is 60.6 Å². The van der Waals surface area contributed by atoms with Gasteiger partial charge in [0.25, 0.3) is 5.91 Å². The topological polar surface area (TPSA) is 105 Å². The Bertz CT molecular complexity index is 1050. The third-order valence-electron chi connectivity index (χ3n) is 4.24. The molecule has 9 heteroatoms. The second-order valence-electron chi connectivity index (χ2n) is 6.08. The van der Waals surface area contributed by atoms with E-state index < -0.39 is 5.91 Å². The molecule has 28 heavy (non-hydrogen) atoms. The predicted molar refractivity (Wildman–Crippen MR) is 96.1 cm³/mol. The average Bonchev–Trinajstić information content (AvgIpc) is 3.21. The van der Waals surface area contributed by atoms with Crippen LogP contribution in [0.25, 0.3) is 11.5 Å². The van der Waals surface area contributed by atoms with Gasteiger partial charge in [-0.3, -0.25) is 10.1 Å². The highest BCUT2D eigenvalue weighted by Crippen LogP contribution is 2.34. The number of hydrogen-bond donors (Lipinski definition) is 1. The fourth-order valence-corrected chi connectivity index (χ4v) is 2.92. The summed E-state index contributed by atoms with van der Waals surface area (Å²) in [5.41, 5.74) is 1.06. The second-order valence-corrected chi connectivity index (χ2v) is 6.08. The van der Waals surface area contributed by atoms with Crippen LogP contribution in [-0.4, -0.2) is 42.5 Å². The lowest BCUT2D eigenvalue weighted by Gasteiger charge is -2.18. The highest BCUT2D eigenvalue weighted by atomic mass is 16.6. The maximum absolute atomic E-state index is 12.5. The van der Waals surface area contributed by atoms with E-state index in [1.807, 2.05) is 0 Å². The van der Waals surface area contributed by atoms with Crippen LogP contribution in [0.4, 0.5) is 6.01 Å². The minimum atomic E-state index is -0.394. The number of hydrogen-bond acceptors (Lipinski definition) is 8. The molecule has 2 aromatic carbocycles. The average molecular weight is 381 g/mol. The molecule has 5 rings (SSSR count). The van der Waals surface area contributed by atoms with Crippen LogP contribution >= 0.6 is 0 Å². The van der Waals surface area contributed by atoms with Crippen LogP contribution < -0.4 is 24.3 Å². The van der Waals surface area contributed by atoms with E-state index in [2.05, 4.69) is 15.5 Å². The van der Waals surface area contributed by atoms with Crippen molar-refractivity contribution in [1.29, 1.82) is 0 Å². The molecule has 1 aromatic heterocycles. The molecule has 0 unspecified atom stereocenters. The first-order valence-corrected chi connectivity index (χ1v) is 8.71. The van der Waals surface area contributed by atoms with E-state index in [1.165, 1.54) is 0 Å². The highest BCUT2D eigenvalue weighted by Gasteiger charge is 2.18. The van der Waals surface area contributed by atoms with Gasteiger partial charge < -0.3 is 23.4 Å². The zero-order valence-electron chi connectivity index (χ0n) is 14.6. The molecule has 0 radical (unpaired) electrons. The Labute approximate surface area is 159 Å². The Morgan fingerprint density at radius 3 is 2.18 bits per heavy atom. The largest absolute Gasteiger partial charge is 0.486 e. The molecule has 0 saturated heterocycles. The molecule has 3 aromatic rings. The number of nitrogens with zero attached hydrogens (tertiary/aromatic N) is 2. The van der Waals surface area contributed by atoms with Gasteiger partial charge in [0.2, 0.25) is 5.89 Å². The number of carbonyl (C=O) groups excluding carboxylic acids is 1. The molecular formula is C19H15N3O6. The Morgan fingerprint density at radius 2 is 1.43 bits per heavy atom. The predicted octanol–water partition coefficient (Wildman–Crippen LogP) is 2.53. The van der Waals surface area contributed by atoms with Crippen molar-refractivity contribution in [2.24, 2.45) is 0 Å². The van der Waals surface area contributed by atoms with Gasteiger partial charge >= 0.3 is 6.01 Å². The summed E-state index contributed by atoms with van der Waals surface area (Å²) < 4.78 is 27.6. The van der Waals surface area contributed by atoms with Gasteiger partial charge in [-0.05, 0) is 36.4 Å². The SMILES string of the molecule is O=C(Nc1nnc(-c2ccc3c(c2)OCCO3)o1)c1ccc2c(c1)OCCO2. The summed E-state index contributed by atoms with van der Waals surface area (Å²) in [6.45, 7) is 1.93. The lowest BCUT2D eigenvalue weighted by Crippen LogP contribution is -2.17. The molecule has 2 aliphatic rings. The third kappa shape index (κ3) is 3.07. The monoisotopic (exact) mass is 381 g/mol. The van der Waals surface area contributed by atoms with Crippen LogP contribution in [-0.2, 0) is 0 Å². The maximum Gasteiger partial charge on any atom is 0.322 e. The Kier molecular flexibility index (Phi) is 3.97. The lowest BCUT2D eigenvalue weighted by molar-refractivity contribution is 0.102. The van der Waals surface area contributed by atoms with Gasteiger partial charge in [-0.15, -0.1) is 5.10 Å². The van der Waals surface area contributed by atoms with E-state index in [1.54, 1.807) is 36.4 Å². The number of ether oxygens (including phenoxy) is 4. The number of benzene rings is 2. The fourth-order valence-electron chi connectivity index (χ4n) is 2.92. The minimum Gasteiger partial charge on any atom is -0.486 e. The van der Waals surface area contributed by atoms with E-state index in [9.17, 15) is 4.79 Å². The van der Waals surface area contributed by atoms with Gasteiger partial charge in [-0.1, -0.05) is 5.10 Å². The van der Waals surface area contributed by atoms with Crippen LogP contribution in [0.3, 0.4) is 0 Å². The van der Waals surface area contributed by atoms with Gasteiger partial charge in [-0.25, -0.2) is 0 Å². The molecule has 0 aliphatic carbocycles. The molecule has 1 amide bonds. The van der Waals surface area contributed by atoms with E-state index in [4.69, 9.17) is 23.4 Å². The number of rotatable bonds is 3. The van der Waals surface area contributed by atoms with Crippen LogP contribution in [0, 0.1) is 0 Å². The smallest absolute Gasteiger partial charge is 0.322 e. The zero-order chi connectivity index (χ0) is 18.9. The number of aromatic nitrogens is 2. The highest BCUT2D eigenvalue weighted by molar-refractivity contribution is 6.03. The summed E-state index contributed by atoms with van der Waals surface area (Å²) in [6, 6.07) is 10.3. The van der Waals surface area contributed by atoms with Crippen molar-refractivity contribution in [2.75, 3.05) is 31.7 Å². The first-order valence-electron chi connectivity index (χ1n) is 8.71. The summed E-state index contributed by atoms with van der Waals surface area (Å²) in [7, 11) is 0. The zero-order valence-corrected chi connectivity index (χ0v) is 14.6. The molecule has 1 N–H and O–H groups in total. The molecule has 142 valence electrons. The summed E-state index contributed by atoms with van der Waals surface area (Å²) in [5.74, 6) is 2.29.